The molecule has 1 rings (SSSR count). The van der Waals surface area contributed by atoms with Gasteiger partial charge in [0, 0.05) is 6.54 Å². The minimum absolute atomic E-state index is 0.0297. The molecule has 0 radical (unpaired) electrons. The number of rotatable bonds is 9. The number of nitrogens with zero attached hydrogens (tertiary/aromatic N) is 1. The molecule has 1 aromatic rings. The summed E-state index contributed by atoms with van der Waals surface area (Å²) in [5.41, 5.74) is 1.13. The first kappa shape index (κ1) is 18.0. The Hall–Kier alpha value is -2.08. The van der Waals surface area contributed by atoms with E-state index in [2.05, 4.69) is 15.5 Å². The summed E-state index contributed by atoms with van der Waals surface area (Å²) >= 11 is 0. The van der Waals surface area contributed by atoms with Gasteiger partial charge < -0.3 is 20.3 Å². The molecule has 0 fully saturated rings. The van der Waals surface area contributed by atoms with Gasteiger partial charge in [-0.1, -0.05) is 17.7 Å². The lowest BCUT2D eigenvalue weighted by atomic mass is 10.2. The van der Waals surface area contributed by atoms with Gasteiger partial charge >= 0.3 is 0 Å². The third-order valence-corrected chi connectivity index (χ3v) is 2.94. The van der Waals surface area contributed by atoms with Crippen LogP contribution in [0.4, 0.5) is 0 Å². The molecule has 0 spiro atoms. The molecular formula is C16H25N3O3. The third-order valence-electron chi connectivity index (χ3n) is 2.94. The zero-order valence-corrected chi connectivity index (χ0v) is 13.5. The lowest BCUT2D eigenvalue weighted by Crippen LogP contribution is -2.39. The van der Waals surface area contributed by atoms with Gasteiger partial charge in [-0.15, -0.1) is 0 Å². The molecule has 0 aromatic heterocycles. The molecule has 0 aliphatic heterocycles. The van der Waals surface area contributed by atoms with Gasteiger partial charge in [0.2, 0.25) is 5.91 Å². The van der Waals surface area contributed by atoms with E-state index in [0.717, 1.165) is 18.5 Å². The lowest BCUT2D eigenvalue weighted by molar-refractivity contribution is -0.127. The van der Waals surface area contributed by atoms with Gasteiger partial charge in [-0.2, -0.15) is 0 Å². The topological polar surface area (TPSA) is 70.7 Å². The molecule has 0 bridgehead atoms. The van der Waals surface area contributed by atoms with Crippen LogP contribution >= 0.6 is 0 Å². The second kappa shape index (κ2) is 9.78. The summed E-state index contributed by atoms with van der Waals surface area (Å²) in [5.74, 6) is 0.125. The maximum atomic E-state index is 11.6. The number of benzene rings is 1. The first-order valence-corrected chi connectivity index (χ1v) is 7.35. The summed E-state index contributed by atoms with van der Waals surface area (Å²) in [6.07, 6.45) is 0.878. The van der Waals surface area contributed by atoms with Crippen molar-refractivity contribution < 1.29 is 14.3 Å². The minimum atomic E-state index is -0.316. The van der Waals surface area contributed by atoms with Crippen molar-refractivity contribution in [1.82, 2.24) is 15.5 Å². The van der Waals surface area contributed by atoms with Crippen molar-refractivity contribution in [1.29, 1.82) is 0 Å². The highest BCUT2D eigenvalue weighted by Crippen LogP contribution is 2.10. The van der Waals surface area contributed by atoms with E-state index < -0.39 is 0 Å². The number of carbonyl (C=O) groups is 2. The fourth-order valence-corrected chi connectivity index (χ4v) is 1.70. The second-order valence-electron chi connectivity index (χ2n) is 5.39. The lowest BCUT2D eigenvalue weighted by Gasteiger charge is -2.10. The highest BCUT2D eigenvalue weighted by Gasteiger charge is 2.06. The van der Waals surface area contributed by atoms with Crippen LogP contribution in [0.5, 0.6) is 5.75 Å². The summed E-state index contributed by atoms with van der Waals surface area (Å²) in [6, 6.07) is 7.43. The van der Waals surface area contributed by atoms with Crippen LogP contribution in [0.15, 0.2) is 24.3 Å². The van der Waals surface area contributed by atoms with Crippen LogP contribution in [-0.4, -0.2) is 57.1 Å². The molecule has 0 aliphatic rings. The van der Waals surface area contributed by atoms with Crippen molar-refractivity contribution in [2.45, 2.75) is 13.3 Å². The Labute approximate surface area is 131 Å². The summed E-state index contributed by atoms with van der Waals surface area (Å²) in [4.78, 5) is 25.2. The van der Waals surface area contributed by atoms with Crippen molar-refractivity contribution in [2.75, 3.05) is 40.3 Å². The van der Waals surface area contributed by atoms with Crippen molar-refractivity contribution in [3.63, 3.8) is 0 Å². The van der Waals surface area contributed by atoms with Gasteiger partial charge in [0.15, 0.2) is 6.61 Å². The predicted octanol–water partition coefficient (Wildman–Crippen LogP) is 0.558. The Balaban J connectivity index is 2.12. The molecule has 2 amide bonds. The fourth-order valence-electron chi connectivity index (χ4n) is 1.70. The average molecular weight is 307 g/mol. The van der Waals surface area contributed by atoms with Gasteiger partial charge in [0.1, 0.15) is 5.75 Å². The number of nitrogens with one attached hydrogen (secondary N) is 2. The quantitative estimate of drug-likeness (QED) is 0.654. The molecule has 1 aromatic carbocycles. The zero-order valence-electron chi connectivity index (χ0n) is 13.5. The van der Waals surface area contributed by atoms with Crippen molar-refractivity contribution in [3.05, 3.63) is 29.8 Å². The van der Waals surface area contributed by atoms with E-state index in [4.69, 9.17) is 4.74 Å². The summed E-state index contributed by atoms with van der Waals surface area (Å²) in [6.45, 7) is 3.37. The molecule has 2 N–H and O–H groups in total. The molecule has 6 heteroatoms. The van der Waals surface area contributed by atoms with Gasteiger partial charge in [-0.3, -0.25) is 9.59 Å². The Morgan fingerprint density at radius 2 is 1.77 bits per heavy atom. The fraction of sp³-hybridized carbons (Fsp3) is 0.500. The van der Waals surface area contributed by atoms with E-state index in [-0.39, 0.29) is 25.0 Å². The molecule has 0 aliphatic carbocycles. The molecule has 0 unspecified atom stereocenters. The van der Waals surface area contributed by atoms with Crippen LogP contribution in [-0.2, 0) is 9.59 Å². The van der Waals surface area contributed by atoms with Gasteiger partial charge in [0.25, 0.3) is 5.91 Å². The first-order chi connectivity index (χ1) is 10.5. The normalized spacial score (nSPS) is 10.4. The molecule has 0 atom stereocenters. The molecule has 22 heavy (non-hydrogen) atoms. The number of hydrogen-bond donors (Lipinski definition) is 2. The Morgan fingerprint density at radius 3 is 2.41 bits per heavy atom. The average Bonchev–Trinajstić information content (AvgIpc) is 2.48. The highest BCUT2D eigenvalue weighted by molar-refractivity contribution is 5.85. The smallest absolute Gasteiger partial charge is 0.258 e. The molecule has 0 heterocycles. The zero-order chi connectivity index (χ0) is 16.4. The number of amides is 2. The van der Waals surface area contributed by atoms with Crippen LogP contribution in [0, 0.1) is 6.92 Å². The number of ether oxygens (including phenoxy) is 1. The van der Waals surface area contributed by atoms with E-state index in [1.54, 1.807) is 12.1 Å². The van der Waals surface area contributed by atoms with Crippen molar-refractivity contribution in [2.24, 2.45) is 0 Å². The van der Waals surface area contributed by atoms with E-state index in [1.807, 2.05) is 33.2 Å². The standard InChI is InChI=1S/C16H25N3O3/c1-13-5-7-14(8-6-13)22-12-16(21)18-11-15(20)17-9-4-10-19(2)3/h5-8H,4,9-12H2,1-3H3,(H,17,20)(H,18,21). The highest BCUT2D eigenvalue weighted by atomic mass is 16.5. The second-order valence-corrected chi connectivity index (χ2v) is 5.39. The monoisotopic (exact) mass is 307 g/mol. The van der Waals surface area contributed by atoms with Gasteiger partial charge in [0.05, 0.1) is 6.54 Å². The summed E-state index contributed by atoms with van der Waals surface area (Å²) < 4.78 is 5.33. The van der Waals surface area contributed by atoms with Crippen molar-refractivity contribution in [3.8, 4) is 5.75 Å². The Bertz CT molecular complexity index is 472. The van der Waals surface area contributed by atoms with E-state index in [1.165, 1.54) is 0 Å². The molecule has 122 valence electrons. The molecule has 0 saturated heterocycles. The summed E-state index contributed by atoms with van der Waals surface area (Å²) in [5, 5.41) is 5.28. The maximum absolute atomic E-state index is 11.6. The van der Waals surface area contributed by atoms with Gasteiger partial charge in [-0.05, 0) is 46.1 Å². The number of carbonyl (C=O) groups excluding carboxylic acids is 2. The number of aryl methyl sites for hydroxylation is 1. The molecule has 0 saturated carbocycles. The minimum Gasteiger partial charge on any atom is -0.484 e. The summed E-state index contributed by atoms with van der Waals surface area (Å²) in [7, 11) is 3.96. The van der Waals surface area contributed by atoms with Crippen LogP contribution in [0.3, 0.4) is 0 Å². The van der Waals surface area contributed by atoms with E-state index >= 15 is 0 Å². The van der Waals surface area contributed by atoms with Crippen LogP contribution < -0.4 is 15.4 Å². The largest absolute Gasteiger partial charge is 0.484 e. The first-order valence-electron chi connectivity index (χ1n) is 7.35. The van der Waals surface area contributed by atoms with Crippen molar-refractivity contribution >= 4 is 11.8 Å². The predicted molar refractivity (Wildman–Crippen MR) is 85.9 cm³/mol. The number of hydrogen-bond acceptors (Lipinski definition) is 4. The Kier molecular flexibility index (Phi) is 7.99. The van der Waals surface area contributed by atoms with E-state index in [9.17, 15) is 9.59 Å². The molecule has 6 nitrogen and oxygen atoms in total. The molecular weight excluding hydrogens is 282 g/mol. The van der Waals surface area contributed by atoms with Crippen LogP contribution in [0.2, 0.25) is 0 Å². The third kappa shape index (κ3) is 8.26. The van der Waals surface area contributed by atoms with Gasteiger partial charge in [-0.25, -0.2) is 0 Å². The Morgan fingerprint density at radius 1 is 1.09 bits per heavy atom. The van der Waals surface area contributed by atoms with Crippen LogP contribution in [0.1, 0.15) is 12.0 Å². The van der Waals surface area contributed by atoms with Crippen LogP contribution in [0.25, 0.3) is 0 Å². The SMILES string of the molecule is Cc1ccc(OCC(=O)NCC(=O)NCCCN(C)C)cc1. The maximum Gasteiger partial charge on any atom is 0.258 e. The van der Waals surface area contributed by atoms with E-state index in [0.29, 0.717) is 12.3 Å².